The van der Waals surface area contributed by atoms with E-state index >= 15 is 4.79 Å². The molecule has 15 nitrogen and oxygen atoms in total. The van der Waals surface area contributed by atoms with E-state index in [0.717, 1.165) is 36.8 Å². The number of rotatable bonds is 23. The van der Waals surface area contributed by atoms with Crippen molar-refractivity contribution in [3.05, 3.63) is 153 Å². The highest BCUT2D eigenvalue weighted by Crippen LogP contribution is 2.62. The minimum Gasteiger partial charge on any atom is -0.496 e. The number of non-ortho nitro benzene ring substituents is 1. The zero-order valence-corrected chi connectivity index (χ0v) is 40.4. The van der Waals surface area contributed by atoms with Crippen molar-refractivity contribution < 1.29 is 57.6 Å². The number of unbranched alkanes of at least 4 members (excludes halogenated alkanes) is 2. The largest absolute Gasteiger partial charge is 0.496 e. The van der Waals surface area contributed by atoms with Gasteiger partial charge >= 0.3 is 0 Å². The second-order valence-electron chi connectivity index (χ2n) is 18.6. The zero-order valence-electron chi connectivity index (χ0n) is 40.4. The number of oxime groups is 1. The number of ether oxygens (including phenoxy) is 5. The van der Waals surface area contributed by atoms with Crippen molar-refractivity contribution in [1.82, 2.24) is 4.90 Å². The third-order valence-corrected chi connectivity index (χ3v) is 14.1. The Morgan fingerprint density at radius 1 is 0.986 bits per heavy atom. The molecule has 1 saturated carbocycles. The van der Waals surface area contributed by atoms with Crippen LogP contribution in [-0.2, 0) is 25.7 Å². The number of nitro benzene ring substituents is 1. The number of hydrogen-bond donors (Lipinski definition) is 2. The number of benzene rings is 4. The molecule has 72 heavy (non-hydrogen) atoms. The third kappa shape index (κ3) is 11.6. The molecule has 4 aromatic rings. The average Bonchev–Trinajstić information content (AvgIpc) is 3.40. The molecular weight excluding hydrogens is 926 g/mol. The molecule has 1 unspecified atom stereocenters. The van der Waals surface area contributed by atoms with Gasteiger partial charge in [0.2, 0.25) is 18.0 Å². The summed E-state index contributed by atoms with van der Waals surface area (Å²) in [6.45, 7) is 4.62. The van der Waals surface area contributed by atoms with Gasteiger partial charge in [0.05, 0.1) is 42.4 Å². The van der Waals surface area contributed by atoms with E-state index in [4.69, 9.17) is 33.7 Å². The molecule has 0 spiro atoms. The molecule has 2 aliphatic heterocycles. The lowest BCUT2D eigenvalue weighted by Crippen LogP contribution is -2.70. The Labute approximate surface area is 418 Å². The van der Waals surface area contributed by atoms with E-state index < -0.39 is 46.6 Å². The highest BCUT2D eigenvalue weighted by Gasteiger charge is 2.65. The number of nitrogens with zero attached hydrogens (tertiary/aromatic N) is 3. The Hall–Kier alpha value is -6.72. The van der Waals surface area contributed by atoms with Gasteiger partial charge in [-0.1, -0.05) is 42.3 Å². The van der Waals surface area contributed by atoms with Gasteiger partial charge in [-0.3, -0.25) is 19.7 Å². The molecule has 0 bridgehead atoms. The standard InChI is InChI=1S/C56H62FN3O12/c1-3-29-69-56-51(59(35-38-13-18-41(57)19-14-38)52(64)26-17-37-15-20-42(21-16-37)60(65)66)34-48(58-72-53-12-6-9-30-68-53)46-32-39(10-4-7-27-61)45(11-5-8-28-62)54(55(46)56)47-33-44(23-25-50(47)71-56)70-43-22-24-49(67-2)40(31-43)36-63/h3,13-26,31-33,36,39,45,51,53-55,61-62H,1,4-12,27-30,34-35H2,2H3/t39-,45+,51-,53?,54+,55+,56+/m0/s1. The number of aliphatic hydroxyl groups excluding tert-OH is 2. The van der Waals surface area contributed by atoms with Crippen molar-refractivity contribution in [3.8, 4) is 23.0 Å². The van der Waals surface area contributed by atoms with Gasteiger partial charge in [-0.25, -0.2) is 4.39 Å². The number of carbonyl (C=O) groups excluding carboxylic acids is 2. The van der Waals surface area contributed by atoms with Gasteiger partial charge in [0, 0.05) is 62.3 Å². The highest BCUT2D eigenvalue weighted by atomic mass is 19.1. The quantitative estimate of drug-likeness (QED) is 0.0179. The summed E-state index contributed by atoms with van der Waals surface area (Å²) in [6, 6.07) is 21.4. The molecule has 1 amide bonds. The number of allylic oxidation sites excluding steroid dienone is 1. The zero-order chi connectivity index (χ0) is 50.6. The van der Waals surface area contributed by atoms with Crippen LogP contribution in [0.15, 0.2) is 120 Å². The van der Waals surface area contributed by atoms with Gasteiger partial charge in [-0.15, -0.1) is 6.58 Å². The van der Waals surface area contributed by atoms with Crippen LogP contribution >= 0.6 is 0 Å². The van der Waals surface area contributed by atoms with E-state index in [1.54, 1.807) is 65.6 Å². The summed E-state index contributed by atoms with van der Waals surface area (Å²) < 4.78 is 47.0. The molecular formula is C56H62FN3O12. The van der Waals surface area contributed by atoms with Crippen LogP contribution in [0.3, 0.4) is 0 Å². The number of aldehydes is 1. The summed E-state index contributed by atoms with van der Waals surface area (Å²) in [5.41, 5.74) is 3.61. The Morgan fingerprint density at radius 3 is 2.43 bits per heavy atom. The molecule has 8 rings (SSSR count). The van der Waals surface area contributed by atoms with E-state index in [0.29, 0.717) is 90.4 Å². The summed E-state index contributed by atoms with van der Waals surface area (Å²) in [7, 11) is 1.49. The Morgan fingerprint density at radius 2 is 1.74 bits per heavy atom. The molecule has 2 aliphatic carbocycles. The fourth-order valence-electron chi connectivity index (χ4n) is 10.7. The summed E-state index contributed by atoms with van der Waals surface area (Å²) in [4.78, 5) is 46.2. The van der Waals surface area contributed by atoms with E-state index in [2.05, 4.69) is 12.7 Å². The van der Waals surface area contributed by atoms with Crippen molar-refractivity contribution in [2.75, 3.05) is 33.5 Å². The summed E-state index contributed by atoms with van der Waals surface area (Å²) >= 11 is 0. The van der Waals surface area contributed by atoms with Gasteiger partial charge in [-0.2, -0.15) is 0 Å². The summed E-state index contributed by atoms with van der Waals surface area (Å²) in [6.07, 6.45) is 13.5. The lowest BCUT2D eigenvalue weighted by Gasteiger charge is -2.60. The Bertz CT molecular complexity index is 2630. The normalized spacial score (nSPS) is 23.8. The maximum atomic E-state index is 15.2. The van der Waals surface area contributed by atoms with Crippen LogP contribution in [-0.4, -0.2) is 89.6 Å². The predicted octanol–water partition coefficient (Wildman–Crippen LogP) is 10.2. The molecule has 16 heteroatoms. The third-order valence-electron chi connectivity index (χ3n) is 14.1. The molecule has 4 aromatic carbocycles. The van der Waals surface area contributed by atoms with Crippen molar-refractivity contribution in [2.24, 2.45) is 22.9 Å². The van der Waals surface area contributed by atoms with Crippen LogP contribution in [0.5, 0.6) is 23.0 Å². The van der Waals surface area contributed by atoms with E-state index in [9.17, 15) is 29.5 Å². The lowest BCUT2D eigenvalue weighted by atomic mass is 9.55. The first-order valence-corrected chi connectivity index (χ1v) is 24.7. The van der Waals surface area contributed by atoms with Gasteiger partial charge in [0.25, 0.3) is 5.69 Å². The van der Waals surface area contributed by atoms with Crippen molar-refractivity contribution in [1.29, 1.82) is 0 Å². The van der Waals surface area contributed by atoms with Crippen molar-refractivity contribution in [3.63, 3.8) is 0 Å². The topological polar surface area (TPSA) is 189 Å². The Balaban J connectivity index is 1.34. The van der Waals surface area contributed by atoms with Crippen LogP contribution in [0.25, 0.3) is 6.08 Å². The maximum absolute atomic E-state index is 15.2. The molecule has 4 aliphatic rings. The maximum Gasteiger partial charge on any atom is 0.269 e. The number of carbonyl (C=O) groups is 2. The number of hydrogen-bond acceptors (Lipinski definition) is 13. The van der Waals surface area contributed by atoms with Crippen LogP contribution in [0, 0.1) is 33.7 Å². The Kier molecular flexibility index (Phi) is 17.3. The van der Waals surface area contributed by atoms with Gasteiger partial charge in [0.1, 0.15) is 34.9 Å². The first-order chi connectivity index (χ1) is 35.1. The first-order valence-electron chi connectivity index (χ1n) is 24.7. The van der Waals surface area contributed by atoms with Gasteiger partial charge < -0.3 is 43.6 Å². The van der Waals surface area contributed by atoms with Crippen molar-refractivity contribution in [2.45, 2.75) is 94.8 Å². The van der Waals surface area contributed by atoms with Gasteiger partial charge in [0.15, 0.2) is 6.29 Å². The smallest absolute Gasteiger partial charge is 0.269 e. The molecule has 2 N–H and O–H groups in total. The minimum absolute atomic E-state index is 0.0127. The van der Waals surface area contributed by atoms with Crippen LogP contribution in [0.2, 0.25) is 0 Å². The van der Waals surface area contributed by atoms with Crippen LogP contribution < -0.4 is 14.2 Å². The van der Waals surface area contributed by atoms with Gasteiger partial charge in [-0.05, 0) is 134 Å². The van der Waals surface area contributed by atoms with E-state index in [1.165, 1.54) is 37.5 Å². The highest BCUT2D eigenvalue weighted by molar-refractivity contribution is 6.03. The number of aliphatic hydroxyl groups is 2. The molecule has 1 saturated heterocycles. The minimum atomic E-state index is -1.63. The number of amides is 1. The average molecular weight is 988 g/mol. The van der Waals surface area contributed by atoms with Crippen LogP contribution in [0.4, 0.5) is 10.1 Å². The summed E-state index contributed by atoms with van der Waals surface area (Å²) in [5.74, 6) is -1.93. The summed E-state index contributed by atoms with van der Waals surface area (Å²) in [5, 5.41) is 36.5. The number of methoxy groups -OCH3 is 1. The fraction of sp³-hybridized carbons (Fsp3) is 0.411. The number of halogens is 1. The molecule has 380 valence electrons. The second-order valence-corrected chi connectivity index (χ2v) is 18.6. The van der Waals surface area contributed by atoms with E-state index in [-0.39, 0.29) is 50.3 Å². The van der Waals surface area contributed by atoms with Crippen LogP contribution in [0.1, 0.15) is 97.2 Å². The first kappa shape index (κ1) is 51.6. The fourth-order valence-corrected chi connectivity index (χ4v) is 10.7. The second kappa shape index (κ2) is 24.1. The van der Waals surface area contributed by atoms with Crippen molar-refractivity contribution >= 4 is 29.7 Å². The molecule has 7 atom stereocenters. The molecule has 2 fully saturated rings. The number of fused-ring (bicyclic) bond motifs is 2. The molecule has 0 radical (unpaired) electrons. The van der Waals surface area contributed by atoms with E-state index in [1.807, 2.05) is 12.1 Å². The number of nitro groups is 1. The lowest BCUT2D eigenvalue weighted by molar-refractivity contribution is -0.384. The molecule has 0 aromatic heterocycles. The monoisotopic (exact) mass is 987 g/mol. The predicted molar refractivity (Wildman–Crippen MR) is 267 cm³/mol. The molecule has 2 heterocycles. The SMILES string of the molecule is C=CCO[C@@]12Oc3ccc(Oc4ccc(OC)c(C=O)c4)cc3[C@H]3[C@H](CCCCO)[C@@H](CCCCO)C=C(C(=NOC4CCCCO4)C[C@@H]1N(Cc1ccc(F)cc1)C(=O)C=Cc1ccc([N+](=O)[O-])cc1)[C@H]32.